The highest BCUT2D eigenvalue weighted by atomic mass is 35.5. The fraction of sp³-hybridized carbons (Fsp3) is 0.308. The van der Waals surface area contributed by atoms with Crippen molar-refractivity contribution >= 4 is 29.4 Å². The van der Waals surface area contributed by atoms with Crippen LogP contribution in [0.2, 0.25) is 5.02 Å². The molecule has 8 nitrogen and oxygen atoms in total. The molecular weight excluding hydrogens is 468 g/mol. The Bertz CT molecular complexity index is 1270. The zero-order valence-corrected chi connectivity index (χ0v) is 20.6. The summed E-state index contributed by atoms with van der Waals surface area (Å²) >= 11 is 5.96. The van der Waals surface area contributed by atoms with E-state index < -0.39 is 11.5 Å². The number of aryl methyl sites for hydroxylation is 1. The van der Waals surface area contributed by atoms with E-state index in [1.165, 1.54) is 10.7 Å². The van der Waals surface area contributed by atoms with Gasteiger partial charge in [-0.25, -0.2) is 4.79 Å². The normalized spacial score (nSPS) is 17.1. The van der Waals surface area contributed by atoms with Crippen LogP contribution in [0.1, 0.15) is 51.5 Å². The quantitative estimate of drug-likeness (QED) is 0.505. The van der Waals surface area contributed by atoms with Crippen molar-refractivity contribution in [3.63, 3.8) is 0 Å². The van der Waals surface area contributed by atoms with Crippen LogP contribution in [0.4, 0.5) is 0 Å². The smallest absolute Gasteiger partial charge is 0.358 e. The summed E-state index contributed by atoms with van der Waals surface area (Å²) in [5.74, 6) is -1.32. The van der Waals surface area contributed by atoms with Crippen molar-refractivity contribution in [1.82, 2.24) is 20.0 Å². The van der Waals surface area contributed by atoms with E-state index in [0.717, 1.165) is 16.7 Å². The molecule has 2 heterocycles. The number of hydrogen-bond acceptors (Lipinski definition) is 5. The molecule has 0 unspecified atom stereocenters. The van der Waals surface area contributed by atoms with Crippen LogP contribution in [0.3, 0.4) is 0 Å². The molecule has 4 rings (SSSR count). The van der Waals surface area contributed by atoms with Crippen molar-refractivity contribution in [2.75, 3.05) is 6.61 Å². The Balaban J connectivity index is 1.67. The monoisotopic (exact) mass is 494 g/mol. The van der Waals surface area contributed by atoms with E-state index in [1.54, 1.807) is 30.9 Å². The topological polar surface area (TPSA) is 93.5 Å². The molecule has 1 atom stereocenters. The van der Waals surface area contributed by atoms with Crippen LogP contribution >= 0.6 is 11.6 Å². The number of esters is 1. The van der Waals surface area contributed by atoms with E-state index in [0.29, 0.717) is 5.02 Å². The van der Waals surface area contributed by atoms with Gasteiger partial charge in [0.1, 0.15) is 11.2 Å². The lowest BCUT2D eigenvalue weighted by Gasteiger charge is -2.43. The summed E-state index contributed by atoms with van der Waals surface area (Å²) in [5.41, 5.74) is 1.85. The maximum atomic E-state index is 13.6. The molecule has 182 valence electrons. The van der Waals surface area contributed by atoms with Gasteiger partial charge in [-0.3, -0.25) is 14.3 Å². The summed E-state index contributed by atoms with van der Waals surface area (Å²) in [4.78, 5) is 41.0. The number of carbonyl (C=O) groups is 3. The summed E-state index contributed by atoms with van der Waals surface area (Å²) < 4.78 is 6.46. The molecule has 1 aliphatic rings. The van der Waals surface area contributed by atoms with E-state index in [2.05, 4.69) is 10.4 Å². The number of halogens is 1. The minimum absolute atomic E-state index is 0.0385. The van der Waals surface area contributed by atoms with E-state index in [1.807, 2.05) is 43.3 Å². The van der Waals surface area contributed by atoms with Gasteiger partial charge in [-0.2, -0.15) is 5.10 Å². The van der Waals surface area contributed by atoms with Gasteiger partial charge in [-0.05, 0) is 44.0 Å². The molecular formula is C26H27ClN4O4. The number of nitrogens with zero attached hydrogens (tertiary/aromatic N) is 3. The number of amides is 2. The molecule has 0 spiro atoms. The predicted octanol–water partition coefficient (Wildman–Crippen LogP) is 3.75. The molecule has 0 saturated carbocycles. The molecule has 9 heteroatoms. The SMILES string of the molecule is CCOC(=O)c1cc2n(n1)C[C@](C)(C(=O)NCc1ccc(Cl)cc1)N(Cc1cccc(C)c1)C2=O. The van der Waals surface area contributed by atoms with Crippen LogP contribution in [0, 0.1) is 6.92 Å². The minimum atomic E-state index is -1.25. The highest BCUT2D eigenvalue weighted by Gasteiger charge is 2.48. The summed E-state index contributed by atoms with van der Waals surface area (Å²) in [6, 6.07) is 16.4. The zero-order chi connectivity index (χ0) is 25.2. The van der Waals surface area contributed by atoms with Crippen molar-refractivity contribution < 1.29 is 19.1 Å². The number of aromatic nitrogens is 2. The van der Waals surface area contributed by atoms with Gasteiger partial charge in [-0.1, -0.05) is 53.6 Å². The molecule has 0 radical (unpaired) electrons. The van der Waals surface area contributed by atoms with Crippen LogP contribution in [0.5, 0.6) is 0 Å². The van der Waals surface area contributed by atoms with Gasteiger partial charge in [0.15, 0.2) is 5.69 Å². The first-order valence-electron chi connectivity index (χ1n) is 11.4. The Morgan fingerprint density at radius 1 is 1.14 bits per heavy atom. The van der Waals surface area contributed by atoms with E-state index in [-0.39, 0.29) is 49.4 Å². The molecule has 0 saturated heterocycles. The lowest BCUT2D eigenvalue weighted by atomic mass is 9.93. The summed E-state index contributed by atoms with van der Waals surface area (Å²) in [5, 5.41) is 7.84. The third-order valence-electron chi connectivity index (χ3n) is 6.06. The fourth-order valence-corrected chi connectivity index (χ4v) is 4.29. The van der Waals surface area contributed by atoms with Gasteiger partial charge in [0, 0.05) is 24.2 Å². The van der Waals surface area contributed by atoms with Gasteiger partial charge in [0.25, 0.3) is 5.91 Å². The van der Waals surface area contributed by atoms with Gasteiger partial charge in [0.05, 0.1) is 13.2 Å². The summed E-state index contributed by atoms with van der Waals surface area (Å²) in [7, 11) is 0. The number of ether oxygens (including phenoxy) is 1. The fourth-order valence-electron chi connectivity index (χ4n) is 4.16. The number of carbonyl (C=O) groups excluding carboxylic acids is 3. The Morgan fingerprint density at radius 3 is 2.57 bits per heavy atom. The Morgan fingerprint density at radius 2 is 1.89 bits per heavy atom. The lowest BCUT2D eigenvalue weighted by molar-refractivity contribution is -0.133. The maximum Gasteiger partial charge on any atom is 0.358 e. The molecule has 0 bridgehead atoms. The Hall–Kier alpha value is -3.65. The maximum absolute atomic E-state index is 13.6. The van der Waals surface area contributed by atoms with Crippen molar-refractivity contribution in [2.24, 2.45) is 0 Å². The Labute approximate surface area is 208 Å². The molecule has 0 fully saturated rings. The first kappa shape index (κ1) is 24.5. The average molecular weight is 495 g/mol. The number of fused-ring (bicyclic) bond motifs is 1. The van der Waals surface area contributed by atoms with Crippen LogP contribution < -0.4 is 5.32 Å². The largest absolute Gasteiger partial charge is 0.461 e. The van der Waals surface area contributed by atoms with Crippen molar-refractivity contribution in [2.45, 2.75) is 45.9 Å². The lowest BCUT2D eigenvalue weighted by Crippen LogP contribution is -2.63. The molecule has 2 aromatic carbocycles. The molecule has 1 N–H and O–H groups in total. The zero-order valence-electron chi connectivity index (χ0n) is 19.9. The summed E-state index contributed by atoms with van der Waals surface area (Å²) in [6.07, 6.45) is 0. The second-order valence-corrected chi connectivity index (χ2v) is 9.19. The summed E-state index contributed by atoms with van der Waals surface area (Å²) in [6.45, 7) is 6.17. The minimum Gasteiger partial charge on any atom is -0.461 e. The van der Waals surface area contributed by atoms with Crippen LogP contribution in [0.15, 0.2) is 54.6 Å². The second-order valence-electron chi connectivity index (χ2n) is 8.76. The average Bonchev–Trinajstić information content (AvgIpc) is 3.25. The van der Waals surface area contributed by atoms with E-state index >= 15 is 0 Å². The molecule has 0 aliphatic carbocycles. The second kappa shape index (κ2) is 9.92. The van der Waals surface area contributed by atoms with E-state index in [9.17, 15) is 14.4 Å². The van der Waals surface area contributed by atoms with Crippen molar-refractivity contribution in [1.29, 1.82) is 0 Å². The molecule has 1 aliphatic heterocycles. The van der Waals surface area contributed by atoms with Crippen molar-refractivity contribution in [3.8, 4) is 0 Å². The van der Waals surface area contributed by atoms with Crippen LogP contribution in [-0.4, -0.2) is 44.6 Å². The highest BCUT2D eigenvalue weighted by Crippen LogP contribution is 2.30. The van der Waals surface area contributed by atoms with E-state index in [4.69, 9.17) is 16.3 Å². The highest BCUT2D eigenvalue weighted by molar-refractivity contribution is 6.30. The number of rotatable bonds is 7. The number of benzene rings is 2. The molecule has 3 aromatic rings. The van der Waals surface area contributed by atoms with Gasteiger partial charge >= 0.3 is 5.97 Å². The van der Waals surface area contributed by atoms with Crippen molar-refractivity contribution in [3.05, 3.63) is 87.7 Å². The van der Waals surface area contributed by atoms with Gasteiger partial charge < -0.3 is 15.0 Å². The van der Waals surface area contributed by atoms with Gasteiger partial charge in [-0.15, -0.1) is 0 Å². The molecule has 1 aromatic heterocycles. The number of nitrogens with one attached hydrogen (secondary N) is 1. The third-order valence-corrected chi connectivity index (χ3v) is 6.31. The Kier molecular flexibility index (Phi) is 6.93. The molecule has 35 heavy (non-hydrogen) atoms. The standard InChI is InChI=1S/C26H27ClN4O4/c1-4-35-24(33)21-13-22-23(32)30(15-19-7-5-6-17(2)12-19)26(3,16-31(22)29-21)25(34)28-14-18-8-10-20(27)11-9-18/h5-13H,4,14-16H2,1-3H3,(H,28,34)/t26-/m1/s1. The first-order chi connectivity index (χ1) is 16.7. The first-order valence-corrected chi connectivity index (χ1v) is 11.7. The predicted molar refractivity (Wildman–Crippen MR) is 131 cm³/mol. The molecule has 2 amide bonds. The number of hydrogen-bond donors (Lipinski definition) is 1. The van der Waals surface area contributed by atoms with Crippen LogP contribution in [-0.2, 0) is 29.2 Å². The van der Waals surface area contributed by atoms with Crippen LogP contribution in [0.25, 0.3) is 0 Å². The third kappa shape index (κ3) is 5.07. The van der Waals surface area contributed by atoms with Gasteiger partial charge in [0.2, 0.25) is 5.91 Å².